The van der Waals surface area contributed by atoms with Crippen LogP contribution in [0.2, 0.25) is 0 Å². The number of carbonyl (C=O) groups is 5. The Morgan fingerprint density at radius 2 is 1.42 bits per heavy atom. The predicted molar refractivity (Wildman–Crippen MR) is 75.7 cm³/mol. The summed E-state index contributed by atoms with van der Waals surface area (Å²) in [5.74, 6) is -10.4. The molecule has 4 atom stereocenters. The lowest BCUT2D eigenvalue weighted by Crippen LogP contribution is -2.81. The number of ketones is 5. The van der Waals surface area contributed by atoms with Crippen molar-refractivity contribution < 1.29 is 55.0 Å². The van der Waals surface area contributed by atoms with E-state index in [2.05, 4.69) is 0 Å². The SMILES string of the molecule is [2H]CC(=O)C(=O)[C@](O)(C(=O)C[2H])[C@](O)(C(=O)C[2H])[C@@](O)(C(=O)C[2H])[C@H](O)CO. The van der Waals surface area contributed by atoms with Crippen LogP contribution in [0.25, 0.3) is 0 Å². The number of rotatable bonds is 9. The van der Waals surface area contributed by atoms with Gasteiger partial charge in [0.05, 0.1) is 6.61 Å². The van der Waals surface area contributed by atoms with E-state index < -0.39 is 86.0 Å². The van der Waals surface area contributed by atoms with Gasteiger partial charge in [0.25, 0.3) is 0 Å². The first-order valence-corrected chi connectivity index (χ1v) is 6.13. The van der Waals surface area contributed by atoms with Crippen molar-refractivity contribution in [1.29, 1.82) is 0 Å². The molecule has 0 fully saturated rings. The van der Waals surface area contributed by atoms with Gasteiger partial charge in [-0.2, -0.15) is 0 Å². The third-order valence-corrected chi connectivity index (χ3v) is 3.54. The molecule has 0 heterocycles. The average molecular weight is 352 g/mol. The number of hydrogen-bond donors (Lipinski definition) is 5. The predicted octanol–water partition coefficient (Wildman–Crippen LogP) is -3.54. The lowest BCUT2D eigenvalue weighted by Gasteiger charge is -2.48. The van der Waals surface area contributed by atoms with Crippen LogP contribution in [0.4, 0.5) is 0 Å². The van der Waals surface area contributed by atoms with Crippen LogP contribution in [0, 0.1) is 0 Å². The van der Waals surface area contributed by atoms with Gasteiger partial charge in [-0.25, -0.2) is 0 Å². The van der Waals surface area contributed by atoms with Crippen molar-refractivity contribution in [2.45, 2.75) is 50.5 Å². The van der Waals surface area contributed by atoms with Crippen LogP contribution >= 0.6 is 0 Å². The molecule has 0 amide bonds. The van der Waals surface area contributed by atoms with Gasteiger partial charge in [-0.1, -0.05) is 0 Å². The summed E-state index contributed by atoms with van der Waals surface area (Å²) in [6, 6.07) is 0. The lowest BCUT2D eigenvalue weighted by atomic mass is 9.61. The van der Waals surface area contributed by atoms with E-state index in [4.69, 9.17) is 10.6 Å². The smallest absolute Gasteiger partial charge is 0.240 e. The molecule has 0 saturated carbocycles. The Hall–Kier alpha value is -1.85. The summed E-state index contributed by atoms with van der Waals surface area (Å²) in [7, 11) is 0. The van der Waals surface area contributed by atoms with Crippen molar-refractivity contribution in [3.05, 3.63) is 0 Å². The van der Waals surface area contributed by atoms with Gasteiger partial charge in [-0.3, -0.25) is 24.0 Å². The fraction of sp³-hybridized carbons (Fsp3) is 0.643. The van der Waals surface area contributed by atoms with Crippen molar-refractivity contribution in [3.63, 3.8) is 0 Å². The van der Waals surface area contributed by atoms with E-state index >= 15 is 0 Å². The molecule has 0 aromatic carbocycles. The van der Waals surface area contributed by atoms with Crippen LogP contribution in [0.1, 0.15) is 33.1 Å². The zero-order valence-electron chi connectivity index (χ0n) is 16.4. The van der Waals surface area contributed by atoms with E-state index in [1.54, 1.807) is 0 Å². The van der Waals surface area contributed by atoms with E-state index in [9.17, 15) is 44.4 Å². The second-order valence-electron chi connectivity index (χ2n) is 4.91. The van der Waals surface area contributed by atoms with Gasteiger partial charge in [0, 0.05) is 12.4 Å². The molecule has 0 spiro atoms. The van der Waals surface area contributed by atoms with E-state index in [1.165, 1.54) is 0 Å². The maximum absolute atomic E-state index is 12.3. The molecule has 0 aromatic heterocycles. The summed E-state index contributed by atoms with van der Waals surface area (Å²) in [5, 5.41) is 51.1. The molecular formula is C14H20O10. The molecule has 0 bridgehead atoms. The van der Waals surface area contributed by atoms with Crippen molar-refractivity contribution in [1.82, 2.24) is 0 Å². The summed E-state index contributed by atoms with van der Waals surface area (Å²) in [6.45, 7) is -7.71. The van der Waals surface area contributed by atoms with Gasteiger partial charge < -0.3 is 25.5 Å². The Kier molecular flexibility index (Phi) is 4.54. The molecule has 10 nitrogen and oxygen atoms in total. The normalized spacial score (nSPS) is 22.2. The highest BCUT2D eigenvalue weighted by Crippen LogP contribution is 2.39. The highest BCUT2D eigenvalue weighted by molar-refractivity contribution is 6.45. The second kappa shape index (κ2) is 6.95. The molecule has 24 heavy (non-hydrogen) atoms. The topological polar surface area (TPSA) is 186 Å². The Morgan fingerprint density at radius 1 is 0.917 bits per heavy atom. The molecule has 0 aliphatic heterocycles. The molecule has 10 heteroatoms. The first-order chi connectivity index (χ1) is 12.8. The molecule has 0 aromatic rings. The molecule has 0 unspecified atom stereocenters. The van der Waals surface area contributed by atoms with E-state index in [1.807, 2.05) is 0 Å². The molecular weight excluding hydrogens is 328 g/mol. The van der Waals surface area contributed by atoms with E-state index in [0.29, 0.717) is 0 Å². The van der Waals surface area contributed by atoms with Gasteiger partial charge >= 0.3 is 0 Å². The molecule has 0 saturated heterocycles. The minimum Gasteiger partial charge on any atom is -0.394 e. The van der Waals surface area contributed by atoms with Gasteiger partial charge in [-0.15, -0.1) is 0 Å². The standard InChI is InChI=1S/C14H20O10/c1-6(16)11(21)13(23,8(3)18)14(24,9(4)19)12(22,7(2)17)10(20)5-15/h10,15,20,22-24H,5H2,1-4H3/t10-,12-,13-,14+/m1/s1/i1D,2D,3D,4D. The third-order valence-electron chi connectivity index (χ3n) is 3.54. The number of aliphatic hydroxyl groups excluding tert-OH is 2. The summed E-state index contributed by atoms with van der Waals surface area (Å²) in [6.07, 6.45) is -2.87. The Labute approximate surface area is 142 Å². The number of aliphatic hydroxyl groups is 5. The number of Topliss-reactive ketones (excluding diaryl/α,β-unsaturated/α-hetero) is 5. The Morgan fingerprint density at radius 3 is 1.79 bits per heavy atom. The van der Waals surface area contributed by atoms with Crippen LogP contribution < -0.4 is 0 Å². The molecule has 0 aliphatic carbocycles. The Bertz CT molecular complexity index is 671. The van der Waals surface area contributed by atoms with E-state index in [0.717, 1.165) is 0 Å². The molecule has 0 aliphatic rings. The fourth-order valence-corrected chi connectivity index (χ4v) is 2.15. The van der Waals surface area contributed by atoms with Crippen LogP contribution in [0.3, 0.4) is 0 Å². The summed E-state index contributed by atoms with van der Waals surface area (Å²) in [4.78, 5) is 60.6. The largest absolute Gasteiger partial charge is 0.394 e. The highest BCUT2D eigenvalue weighted by atomic mass is 16.4. The second-order valence-corrected chi connectivity index (χ2v) is 4.91. The van der Waals surface area contributed by atoms with Crippen molar-refractivity contribution in [2.24, 2.45) is 0 Å². The van der Waals surface area contributed by atoms with Crippen molar-refractivity contribution in [2.75, 3.05) is 6.61 Å². The van der Waals surface area contributed by atoms with Crippen molar-refractivity contribution >= 4 is 28.9 Å². The number of hydrogen-bond acceptors (Lipinski definition) is 10. The van der Waals surface area contributed by atoms with Crippen molar-refractivity contribution in [3.8, 4) is 0 Å². The first kappa shape index (κ1) is 15.7. The van der Waals surface area contributed by atoms with Crippen LogP contribution in [0.15, 0.2) is 0 Å². The molecule has 5 N–H and O–H groups in total. The zero-order valence-corrected chi connectivity index (χ0v) is 12.4. The fourth-order valence-electron chi connectivity index (χ4n) is 2.15. The molecule has 136 valence electrons. The zero-order chi connectivity index (χ0) is 22.5. The van der Waals surface area contributed by atoms with Crippen LogP contribution in [-0.4, -0.2) is 84.0 Å². The van der Waals surface area contributed by atoms with Gasteiger partial charge in [0.1, 0.15) is 6.10 Å². The minimum atomic E-state index is -4.43. The summed E-state index contributed by atoms with van der Waals surface area (Å²) < 4.78 is 28.0. The van der Waals surface area contributed by atoms with Crippen LogP contribution in [0.5, 0.6) is 0 Å². The summed E-state index contributed by atoms with van der Waals surface area (Å²) >= 11 is 0. The average Bonchev–Trinajstić information content (AvgIpc) is 2.72. The first-order valence-electron chi connectivity index (χ1n) is 8.96. The maximum Gasteiger partial charge on any atom is 0.240 e. The highest BCUT2D eigenvalue weighted by Gasteiger charge is 2.74. The monoisotopic (exact) mass is 352 g/mol. The minimum absolute atomic E-state index is 1.41. The Balaban J connectivity index is 7.42. The summed E-state index contributed by atoms with van der Waals surface area (Å²) in [5.41, 5.74) is -12.9. The molecule has 0 rings (SSSR count). The maximum atomic E-state index is 12.3. The quantitative estimate of drug-likeness (QED) is 0.205. The third kappa shape index (κ3) is 2.72. The van der Waals surface area contributed by atoms with Gasteiger partial charge in [0.2, 0.25) is 17.0 Å². The van der Waals surface area contributed by atoms with Crippen LogP contribution in [-0.2, 0) is 24.0 Å². The van der Waals surface area contributed by atoms with Gasteiger partial charge in [-0.05, 0) is 20.7 Å². The van der Waals surface area contributed by atoms with Gasteiger partial charge in [0.15, 0.2) is 28.7 Å². The van der Waals surface area contributed by atoms with E-state index in [-0.39, 0.29) is 0 Å². The molecule has 0 radical (unpaired) electrons. The lowest BCUT2D eigenvalue weighted by molar-refractivity contribution is -0.246. The number of carbonyl (C=O) groups excluding carboxylic acids is 5.